The van der Waals surface area contributed by atoms with E-state index in [1.165, 1.54) is 0 Å². The molecular formula is C12H22F2N2O2. The number of carbonyl (C=O) groups is 1. The summed E-state index contributed by atoms with van der Waals surface area (Å²) in [6.45, 7) is 5.17. The molecule has 18 heavy (non-hydrogen) atoms. The predicted octanol–water partition coefficient (Wildman–Crippen LogP) is 2.42. The van der Waals surface area contributed by atoms with Gasteiger partial charge in [0.05, 0.1) is 11.6 Å². The first kappa shape index (κ1) is 15.1. The molecule has 1 rings (SSSR count). The molecule has 0 aromatic heterocycles. The molecule has 0 aliphatic heterocycles. The van der Waals surface area contributed by atoms with Gasteiger partial charge in [0.2, 0.25) is 0 Å². The number of rotatable bonds is 3. The maximum atomic E-state index is 12.8. The van der Waals surface area contributed by atoms with Crippen LogP contribution in [0.15, 0.2) is 0 Å². The Bertz CT molecular complexity index is 297. The van der Waals surface area contributed by atoms with Crippen molar-refractivity contribution in [3.05, 3.63) is 0 Å². The zero-order valence-corrected chi connectivity index (χ0v) is 11.1. The summed E-state index contributed by atoms with van der Waals surface area (Å²) in [5.41, 5.74) is 3.86. The van der Waals surface area contributed by atoms with E-state index >= 15 is 0 Å². The third kappa shape index (κ3) is 3.80. The lowest BCUT2D eigenvalue weighted by atomic mass is 9.89. The molecule has 1 unspecified atom stereocenters. The number of alkyl halides is 2. The summed E-state index contributed by atoms with van der Waals surface area (Å²) in [6.07, 6.45) is -0.819. The Morgan fingerprint density at radius 2 is 1.83 bits per heavy atom. The number of nitrogens with one attached hydrogen (secondary N) is 1. The number of halogens is 2. The zero-order chi connectivity index (χ0) is 14.0. The second kappa shape index (κ2) is 5.38. The summed E-state index contributed by atoms with van der Waals surface area (Å²) >= 11 is 0. The summed E-state index contributed by atoms with van der Waals surface area (Å²) in [7, 11) is 0. The second-order valence-corrected chi connectivity index (χ2v) is 5.85. The van der Waals surface area contributed by atoms with Gasteiger partial charge in [0, 0.05) is 0 Å². The third-order valence-corrected chi connectivity index (χ3v) is 3.16. The molecule has 1 saturated carbocycles. The lowest BCUT2D eigenvalue weighted by molar-refractivity contribution is 0.0300. The van der Waals surface area contributed by atoms with Gasteiger partial charge in [0.1, 0.15) is 5.60 Å². The van der Waals surface area contributed by atoms with Gasteiger partial charge in [-0.3, -0.25) is 0 Å². The smallest absolute Gasteiger partial charge is 0.408 e. The van der Waals surface area contributed by atoms with Crippen molar-refractivity contribution >= 4 is 6.09 Å². The molecule has 1 atom stereocenters. The van der Waals surface area contributed by atoms with Gasteiger partial charge in [-0.25, -0.2) is 13.6 Å². The Balaban J connectivity index is 2.72. The van der Waals surface area contributed by atoms with Gasteiger partial charge in [0.15, 0.2) is 0 Å². The van der Waals surface area contributed by atoms with E-state index in [0.29, 0.717) is 12.8 Å². The van der Waals surface area contributed by atoms with E-state index < -0.39 is 29.7 Å². The summed E-state index contributed by atoms with van der Waals surface area (Å²) in [5.74, 6) is 0. The highest BCUT2D eigenvalue weighted by Gasteiger charge is 2.45. The minimum absolute atomic E-state index is 0.470. The van der Waals surface area contributed by atoms with Crippen LogP contribution in [0.1, 0.15) is 46.5 Å². The molecule has 4 nitrogen and oxygen atoms in total. The van der Waals surface area contributed by atoms with Gasteiger partial charge < -0.3 is 15.8 Å². The number of ether oxygens (including phenoxy) is 1. The standard InChI is InChI=1S/C12H22F2N2O2/c1-11(2,3)18-10(17)16-12(6-4-5-7-12)8(15)9(13)14/h8-9H,4-7,15H2,1-3H3,(H,16,17). The van der Waals surface area contributed by atoms with Crippen molar-refractivity contribution in [1.29, 1.82) is 0 Å². The van der Waals surface area contributed by atoms with E-state index in [0.717, 1.165) is 12.8 Å². The lowest BCUT2D eigenvalue weighted by Gasteiger charge is -2.36. The molecular weight excluding hydrogens is 242 g/mol. The molecule has 1 amide bonds. The first-order valence-corrected chi connectivity index (χ1v) is 6.21. The lowest BCUT2D eigenvalue weighted by Crippen LogP contribution is -2.61. The van der Waals surface area contributed by atoms with Crippen molar-refractivity contribution in [2.24, 2.45) is 5.73 Å². The first-order valence-electron chi connectivity index (χ1n) is 6.21. The highest BCUT2D eigenvalue weighted by molar-refractivity contribution is 5.69. The van der Waals surface area contributed by atoms with Crippen LogP contribution >= 0.6 is 0 Å². The highest BCUT2D eigenvalue weighted by Crippen LogP contribution is 2.34. The number of alkyl carbamates (subject to hydrolysis) is 1. The van der Waals surface area contributed by atoms with Gasteiger partial charge in [0.25, 0.3) is 6.43 Å². The van der Waals surface area contributed by atoms with Crippen LogP contribution < -0.4 is 11.1 Å². The molecule has 6 heteroatoms. The molecule has 106 valence electrons. The maximum Gasteiger partial charge on any atom is 0.408 e. The summed E-state index contributed by atoms with van der Waals surface area (Å²) < 4.78 is 30.7. The van der Waals surface area contributed by atoms with Crippen LogP contribution in [0.4, 0.5) is 13.6 Å². The van der Waals surface area contributed by atoms with Gasteiger partial charge in [-0.2, -0.15) is 0 Å². The molecule has 1 aliphatic rings. The van der Waals surface area contributed by atoms with Gasteiger partial charge in [-0.05, 0) is 33.6 Å². The minimum atomic E-state index is -2.65. The normalized spacial score (nSPS) is 20.8. The molecule has 0 radical (unpaired) electrons. The van der Waals surface area contributed by atoms with Crippen LogP contribution in [-0.2, 0) is 4.74 Å². The second-order valence-electron chi connectivity index (χ2n) is 5.85. The Morgan fingerprint density at radius 3 is 2.22 bits per heavy atom. The van der Waals surface area contributed by atoms with E-state index in [2.05, 4.69) is 5.32 Å². The van der Waals surface area contributed by atoms with Crippen molar-refractivity contribution in [1.82, 2.24) is 5.32 Å². The fourth-order valence-corrected chi connectivity index (χ4v) is 2.30. The Kier molecular flexibility index (Phi) is 4.53. The third-order valence-electron chi connectivity index (χ3n) is 3.16. The van der Waals surface area contributed by atoms with Crippen molar-refractivity contribution in [2.75, 3.05) is 0 Å². The van der Waals surface area contributed by atoms with Crippen molar-refractivity contribution < 1.29 is 18.3 Å². The fourth-order valence-electron chi connectivity index (χ4n) is 2.30. The average Bonchev–Trinajstić information content (AvgIpc) is 2.62. The van der Waals surface area contributed by atoms with Gasteiger partial charge in [-0.1, -0.05) is 12.8 Å². The molecule has 0 heterocycles. The van der Waals surface area contributed by atoms with Crippen LogP contribution in [-0.4, -0.2) is 29.7 Å². The van der Waals surface area contributed by atoms with Crippen LogP contribution in [0.3, 0.4) is 0 Å². The van der Waals surface area contributed by atoms with Crippen molar-refractivity contribution in [3.63, 3.8) is 0 Å². The topological polar surface area (TPSA) is 64.3 Å². The van der Waals surface area contributed by atoms with Gasteiger partial charge >= 0.3 is 6.09 Å². The van der Waals surface area contributed by atoms with E-state index in [-0.39, 0.29) is 0 Å². The average molecular weight is 264 g/mol. The largest absolute Gasteiger partial charge is 0.444 e. The summed E-state index contributed by atoms with van der Waals surface area (Å²) in [6, 6.07) is -1.35. The molecule has 0 aromatic carbocycles. The molecule has 3 N–H and O–H groups in total. The van der Waals surface area contributed by atoms with Gasteiger partial charge in [-0.15, -0.1) is 0 Å². The number of hydrogen-bond acceptors (Lipinski definition) is 3. The van der Waals surface area contributed by atoms with Crippen molar-refractivity contribution in [3.8, 4) is 0 Å². The molecule has 0 spiro atoms. The minimum Gasteiger partial charge on any atom is -0.444 e. The molecule has 0 saturated heterocycles. The highest BCUT2D eigenvalue weighted by atomic mass is 19.3. The molecule has 0 bridgehead atoms. The predicted molar refractivity (Wildman–Crippen MR) is 64.5 cm³/mol. The number of amides is 1. The van der Waals surface area contributed by atoms with Crippen LogP contribution in [0, 0.1) is 0 Å². The zero-order valence-electron chi connectivity index (χ0n) is 11.1. The number of nitrogens with two attached hydrogens (primary N) is 1. The van der Waals surface area contributed by atoms with Crippen LogP contribution in [0.5, 0.6) is 0 Å². The van der Waals surface area contributed by atoms with E-state index in [9.17, 15) is 13.6 Å². The van der Waals surface area contributed by atoms with E-state index in [1.54, 1.807) is 20.8 Å². The number of carbonyl (C=O) groups excluding carboxylic acids is 1. The summed E-state index contributed by atoms with van der Waals surface area (Å²) in [5, 5.41) is 2.56. The molecule has 0 aromatic rings. The SMILES string of the molecule is CC(C)(C)OC(=O)NC1(C(N)C(F)F)CCCC1. The molecule has 1 fully saturated rings. The van der Waals surface area contributed by atoms with E-state index in [4.69, 9.17) is 10.5 Å². The monoisotopic (exact) mass is 264 g/mol. The Morgan fingerprint density at radius 1 is 1.33 bits per heavy atom. The van der Waals surface area contributed by atoms with Crippen molar-refractivity contribution in [2.45, 2.75) is 70.1 Å². The van der Waals surface area contributed by atoms with Crippen LogP contribution in [0.2, 0.25) is 0 Å². The first-order chi connectivity index (χ1) is 8.16. The fraction of sp³-hybridized carbons (Fsp3) is 0.917. The number of hydrogen-bond donors (Lipinski definition) is 2. The Hall–Kier alpha value is -0.910. The summed E-state index contributed by atoms with van der Waals surface area (Å²) in [4.78, 5) is 11.7. The maximum absolute atomic E-state index is 12.8. The molecule has 1 aliphatic carbocycles. The Labute approximate surface area is 106 Å². The van der Waals surface area contributed by atoms with Crippen LogP contribution in [0.25, 0.3) is 0 Å². The quantitative estimate of drug-likeness (QED) is 0.822. The van der Waals surface area contributed by atoms with E-state index in [1.807, 2.05) is 0 Å².